The Morgan fingerprint density at radius 1 is 1.03 bits per heavy atom. The third kappa shape index (κ3) is 3.29. The predicted octanol–water partition coefficient (Wildman–Crippen LogP) is 4.31. The van der Waals surface area contributed by atoms with Crippen molar-refractivity contribution in [1.82, 2.24) is 14.5 Å². The monoisotopic (exact) mass is 438 g/mol. The highest BCUT2D eigenvalue weighted by Gasteiger charge is 2.22. The van der Waals surface area contributed by atoms with Gasteiger partial charge in [0.05, 0.1) is 23.9 Å². The van der Waals surface area contributed by atoms with E-state index in [1.165, 1.54) is 11.3 Å². The first-order valence-electron chi connectivity index (χ1n) is 9.70. The van der Waals surface area contributed by atoms with Crippen LogP contribution in [0.5, 0.6) is 0 Å². The minimum atomic E-state index is -0.160. The molecule has 2 aromatic heterocycles. The molecule has 0 bridgehead atoms. The number of aryl methyl sites for hydroxylation is 1. The van der Waals surface area contributed by atoms with E-state index in [9.17, 15) is 4.79 Å². The van der Waals surface area contributed by atoms with E-state index < -0.39 is 0 Å². The maximum atomic E-state index is 13.7. The van der Waals surface area contributed by atoms with Crippen molar-refractivity contribution in [2.24, 2.45) is 0 Å². The van der Waals surface area contributed by atoms with E-state index in [2.05, 4.69) is 4.90 Å². The van der Waals surface area contributed by atoms with E-state index in [-0.39, 0.29) is 5.56 Å². The van der Waals surface area contributed by atoms with Crippen LogP contribution in [0.25, 0.3) is 27.4 Å². The van der Waals surface area contributed by atoms with Crippen molar-refractivity contribution in [3.8, 4) is 17.1 Å². The molecule has 0 atom stereocenters. The first kappa shape index (κ1) is 19.2. The number of halogens is 1. The lowest BCUT2D eigenvalue weighted by Gasteiger charge is -2.25. The third-order valence-corrected chi connectivity index (χ3v) is 6.54. The molecular formula is C22H19ClN4O2S. The van der Waals surface area contributed by atoms with E-state index in [0.717, 1.165) is 29.3 Å². The first-order valence-corrected chi connectivity index (χ1v) is 10.9. The second-order valence-corrected chi connectivity index (χ2v) is 8.48. The van der Waals surface area contributed by atoms with Crippen LogP contribution in [-0.2, 0) is 4.74 Å². The molecule has 1 aliphatic rings. The fraction of sp³-hybridized carbons (Fsp3) is 0.227. The average molecular weight is 439 g/mol. The van der Waals surface area contributed by atoms with Crippen molar-refractivity contribution in [2.75, 3.05) is 31.2 Å². The molecule has 1 saturated heterocycles. The summed E-state index contributed by atoms with van der Waals surface area (Å²) in [6, 6.07) is 15.3. The Hall–Kier alpha value is -2.74. The highest BCUT2D eigenvalue weighted by molar-refractivity contribution is 7.22. The van der Waals surface area contributed by atoms with Gasteiger partial charge in [-0.15, -0.1) is 0 Å². The van der Waals surface area contributed by atoms with E-state index in [0.29, 0.717) is 40.1 Å². The lowest BCUT2D eigenvalue weighted by molar-refractivity contribution is 0.122. The molecule has 8 heteroatoms. The standard InChI is InChI=1S/C22H19ClN4O2S/c1-14-6-5-9-16(23)17(14)27-20(15-7-3-2-4-8-15)24-19-18(21(27)28)30-22(25-19)26-10-12-29-13-11-26/h2-9H,10-13H2,1H3. The normalized spacial score (nSPS) is 14.4. The molecule has 2 aromatic carbocycles. The highest BCUT2D eigenvalue weighted by atomic mass is 35.5. The van der Waals surface area contributed by atoms with E-state index in [1.54, 1.807) is 10.6 Å². The van der Waals surface area contributed by atoms with Crippen LogP contribution in [0.3, 0.4) is 0 Å². The molecule has 0 unspecified atom stereocenters. The summed E-state index contributed by atoms with van der Waals surface area (Å²) in [6.07, 6.45) is 0. The summed E-state index contributed by atoms with van der Waals surface area (Å²) in [5.41, 5.74) is 2.69. The van der Waals surface area contributed by atoms with Crippen molar-refractivity contribution < 1.29 is 4.74 Å². The summed E-state index contributed by atoms with van der Waals surface area (Å²) in [6.45, 7) is 4.76. The molecule has 0 amide bonds. The van der Waals surface area contributed by atoms with Gasteiger partial charge in [0.1, 0.15) is 10.5 Å². The van der Waals surface area contributed by atoms with Gasteiger partial charge in [0, 0.05) is 18.7 Å². The predicted molar refractivity (Wildman–Crippen MR) is 121 cm³/mol. The van der Waals surface area contributed by atoms with Crippen LogP contribution in [0, 0.1) is 6.92 Å². The van der Waals surface area contributed by atoms with E-state index in [1.807, 2.05) is 49.4 Å². The molecule has 1 aliphatic heterocycles. The highest BCUT2D eigenvalue weighted by Crippen LogP contribution is 2.31. The maximum Gasteiger partial charge on any atom is 0.278 e. The molecule has 0 spiro atoms. The van der Waals surface area contributed by atoms with Crippen LogP contribution < -0.4 is 10.5 Å². The van der Waals surface area contributed by atoms with Gasteiger partial charge in [0.25, 0.3) is 5.56 Å². The first-order chi connectivity index (χ1) is 14.6. The molecule has 152 valence electrons. The fourth-order valence-corrected chi connectivity index (χ4v) is 4.94. The van der Waals surface area contributed by atoms with Crippen LogP contribution in [0.4, 0.5) is 5.13 Å². The Labute approximate surface area is 182 Å². The van der Waals surface area contributed by atoms with Crippen molar-refractivity contribution in [2.45, 2.75) is 6.92 Å². The van der Waals surface area contributed by atoms with Gasteiger partial charge in [-0.2, -0.15) is 4.98 Å². The van der Waals surface area contributed by atoms with Gasteiger partial charge in [-0.1, -0.05) is 65.4 Å². The maximum absolute atomic E-state index is 13.7. The Morgan fingerprint density at radius 3 is 2.53 bits per heavy atom. The number of ether oxygens (including phenoxy) is 1. The second-order valence-electron chi connectivity index (χ2n) is 7.10. The van der Waals surface area contributed by atoms with Gasteiger partial charge < -0.3 is 9.64 Å². The number of aromatic nitrogens is 3. The Balaban J connectivity index is 1.80. The zero-order valence-corrected chi connectivity index (χ0v) is 17.9. The third-order valence-electron chi connectivity index (χ3n) is 5.14. The Bertz CT molecular complexity index is 1260. The van der Waals surface area contributed by atoms with Crippen molar-refractivity contribution in [1.29, 1.82) is 0 Å². The van der Waals surface area contributed by atoms with Gasteiger partial charge in [0.2, 0.25) is 0 Å². The minimum absolute atomic E-state index is 0.160. The number of hydrogen-bond acceptors (Lipinski definition) is 6. The summed E-state index contributed by atoms with van der Waals surface area (Å²) >= 11 is 7.93. The molecule has 0 saturated carbocycles. The van der Waals surface area contributed by atoms with Crippen LogP contribution in [0.1, 0.15) is 5.56 Å². The molecule has 6 nitrogen and oxygen atoms in total. The minimum Gasteiger partial charge on any atom is -0.378 e. The number of anilines is 1. The smallest absolute Gasteiger partial charge is 0.278 e. The topological polar surface area (TPSA) is 60.3 Å². The molecule has 3 heterocycles. The molecule has 5 rings (SSSR count). The molecule has 30 heavy (non-hydrogen) atoms. The van der Waals surface area contributed by atoms with E-state index in [4.69, 9.17) is 26.3 Å². The number of para-hydroxylation sites is 1. The Kier molecular flexibility index (Phi) is 5.02. The van der Waals surface area contributed by atoms with Crippen LogP contribution >= 0.6 is 22.9 Å². The largest absolute Gasteiger partial charge is 0.378 e. The summed E-state index contributed by atoms with van der Waals surface area (Å²) < 4.78 is 7.58. The van der Waals surface area contributed by atoms with Crippen LogP contribution in [0.2, 0.25) is 5.02 Å². The quantitative estimate of drug-likeness (QED) is 0.477. The average Bonchev–Trinajstić information content (AvgIpc) is 3.21. The SMILES string of the molecule is Cc1cccc(Cl)c1-n1c(-c2ccccc2)nc2nc(N3CCOCC3)sc2c1=O. The van der Waals surface area contributed by atoms with Crippen LogP contribution in [-0.4, -0.2) is 40.8 Å². The van der Waals surface area contributed by atoms with Crippen molar-refractivity contribution >= 4 is 38.4 Å². The molecule has 0 N–H and O–H groups in total. The number of thiazole rings is 1. The lowest BCUT2D eigenvalue weighted by Crippen LogP contribution is -2.36. The molecule has 0 aliphatic carbocycles. The zero-order chi connectivity index (χ0) is 20.7. The van der Waals surface area contributed by atoms with E-state index >= 15 is 0 Å². The summed E-state index contributed by atoms with van der Waals surface area (Å²) in [5.74, 6) is 0.531. The summed E-state index contributed by atoms with van der Waals surface area (Å²) in [5, 5.41) is 1.30. The van der Waals surface area contributed by atoms with Gasteiger partial charge in [-0.25, -0.2) is 4.98 Å². The summed E-state index contributed by atoms with van der Waals surface area (Å²) in [4.78, 5) is 25.4. The van der Waals surface area contributed by atoms with Gasteiger partial charge in [-0.3, -0.25) is 9.36 Å². The molecule has 1 fully saturated rings. The van der Waals surface area contributed by atoms with Crippen LogP contribution in [0.15, 0.2) is 53.3 Å². The van der Waals surface area contributed by atoms with Gasteiger partial charge >= 0.3 is 0 Å². The molecule has 0 radical (unpaired) electrons. The molecular weight excluding hydrogens is 420 g/mol. The van der Waals surface area contributed by atoms with Crippen molar-refractivity contribution in [3.05, 3.63) is 69.5 Å². The number of fused-ring (bicyclic) bond motifs is 1. The van der Waals surface area contributed by atoms with Crippen molar-refractivity contribution in [3.63, 3.8) is 0 Å². The number of hydrogen-bond donors (Lipinski definition) is 0. The molecule has 4 aromatic rings. The lowest BCUT2D eigenvalue weighted by atomic mass is 10.1. The van der Waals surface area contributed by atoms with Gasteiger partial charge in [-0.05, 0) is 18.6 Å². The number of morpholine rings is 1. The zero-order valence-electron chi connectivity index (χ0n) is 16.3. The van der Waals surface area contributed by atoms with Gasteiger partial charge in [0.15, 0.2) is 10.8 Å². The Morgan fingerprint density at radius 2 is 1.80 bits per heavy atom. The number of benzene rings is 2. The summed E-state index contributed by atoms with van der Waals surface area (Å²) in [7, 11) is 0. The number of nitrogens with zero attached hydrogens (tertiary/aromatic N) is 4. The second kappa shape index (κ2) is 7.83. The fourth-order valence-electron chi connectivity index (χ4n) is 3.65. The number of rotatable bonds is 3.